The zero-order chi connectivity index (χ0) is 17.5. The molecule has 1 saturated heterocycles. The lowest BCUT2D eigenvalue weighted by Gasteiger charge is -2.37. The summed E-state index contributed by atoms with van der Waals surface area (Å²) in [5.74, 6) is 2.49. The van der Waals surface area contributed by atoms with Gasteiger partial charge in [0, 0.05) is 25.7 Å². The molecule has 0 bridgehead atoms. The minimum atomic E-state index is 0.351. The number of benzene rings is 2. The van der Waals surface area contributed by atoms with Gasteiger partial charge in [-0.05, 0) is 61.2 Å². The molecule has 2 atom stereocenters. The van der Waals surface area contributed by atoms with Crippen LogP contribution < -0.4 is 9.47 Å². The topological polar surface area (TPSA) is 24.9 Å². The van der Waals surface area contributed by atoms with Gasteiger partial charge >= 0.3 is 0 Å². The molecule has 26 heavy (non-hydrogen) atoms. The number of likely N-dealkylation sites (tertiary alicyclic amines) is 1. The van der Waals surface area contributed by atoms with Gasteiger partial charge in [-0.2, -0.15) is 0 Å². The van der Waals surface area contributed by atoms with Gasteiger partial charge in [-0.15, -0.1) is 0 Å². The lowest BCUT2D eigenvalue weighted by molar-refractivity contribution is 0.169. The highest BCUT2D eigenvalue weighted by Crippen LogP contribution is 2.41. The van der Waals surface area contributed by atoms with Crippen LogP contribution >= 0.6 is 0 Å². The van der Waals surface area contributed by atoms with Gasteiger partial charge in [-0.25, -0.2) is 0 Å². The quantitative estimate of drug-likeness (QED) is 0.847. The first-order chi connectivity index (χ1) is 12.8. The molecule has 0 aliphatic carbocycles. The zero-order valence-corrected chi connectivity index (χ0v) is 15.4. The van der Waals surface area contributed by atoms with E-state index in [-0.39, 0.29) is 0 Å². The third-order valence-corrected chi connectivity index (χ3v) is 6.23. The Labute approximate surface area is 155 Å². The summed E-state index contributed by atoms with van der Waals surface area (Å²) < 4.78 is 11.2. The van der Waals surface area contributed by atoms with Crippen molar-refractivity contribution in [1.82, 2.24) is 9.80 Å². The Kier molecular flexibility index (Phi) is 4.10. The molecular weight excluding hydrogens is 324 g/mol. The molecule has 4 heteroatoms. The van der Waals surface area contributed by atoms with E-state index in [1.165, 1.54) is 29.7 Å². The van der Waals surface area contributed by atoms with Crippen molar-refractivity contribution >= 4 is 0 Å². The Morgan fingerprint density at radius 2 is 1.85 bits per heavy atom. The SMILES string of the molecule is CN1CCc2cc3c(cc2C1CN1CCC(c2ccccc2)C1)OCO3. The lowest BCUT2D eigenvalue weighted by Crippen LogP contribution is -2.39. The van der Waals surface area contributed by atoms with E-state index in [4.69, 9.17) is 9.47 Å². The van der Waals surface area contributed by atoms with Crippen molar-refractivity contribution in [1.29, 1.82) is 0 Å². The third-order valence-electron chi connectivity index (χ3n) is 6.23. The van der Waals surface area contributed by atoms with Crippen LogP contribution in [0.25, 0.3) is 0 Å². The van der Waals surface area contributed by atoms with Gasteiger partial charge in [0.05, 0.1) is 0 Å². The molecule has 1 fully saturated rings. The van der Waals surface area contributed by atoms with Crippen molar-refractivity contribution in [3.8, 4) is 11.5 Å². The first-order valence-corrected chi connectivity index (χ1v) is 9.68. The van der Waals surface area contributed by atoms with Gasteiger partial charge in [-0.1, -0.05) is 30.3 Å². The van der Waals surface area contributed by atoms with Crippen LogP contribution in [0.5, 0.6) is 11.5 Å². The molecule has 0 N–H and O–H groups in total. The van der Waals surface area contributed by atoms with Gasteiger partial charge in [0.25, 0.3) is 0 Å². The molecule has 2 unspecified atom stereocenters. The molecule has 0 spiro atoms. The minimum absolute atomic E-state index is 0.351. The Bertz CT molecular complexity index is 792. The Hall–Kier alpha value is -2.04. The molecule has 3 aliphatic heterocycles. The third kappa shape index (κ3) is 2.87. The smallest absolute Gasteiger partial charge is 0.231 e. The first kappa shape index (κ1) is 16.2. The van der Waals surface area contributed by atoms with Crippen LogP contribution in [0.15, 0.2) is 42.5 Å². The van der Waals surface area contributed by atoms with Crippen molar-refractivity contribution in [2.45, 2.75) is 24.8 Å². The van der Waals surface area contributed by atoms with Crippen LogP contribution in [-0.2, 0) is 6.42 Å². The van der Waals surface area contributed by atoms with Crippen molar-refractivity contribution in [2.75, 3.05) is 40.0 Å². The highest BCUT2D eigenvalue weighted by atomic mass is 16.7. The molecule has 3 heterocycles. The summed E-state index contributed by atoms with van der Waals surface area (Å²) in [6.07, 6.45) is 2.35. The van der Waals surface area contributed by atoms with Gasteiger partial charge in [0.15, 0.2) is 11.5 Å². The van der Waals surface area contributed by atoms with Crippen molar-refractivity contribution in [3.63, 3.8) is 0 Å². The summed E-state index contributed by atoms with van der Waals surface area (Å²) >= 11 is 0. The summed E-state index contributed by atoms with van der Waals surface area (Å²) in [5.41, 5.74) is 4.33. The summed E-state index contributed by atoms with van der Waals surface area (Å²) in [5, 5.41) is 0. The average Bonchev–Trinajstić information content (AvgIpc) is 3.32. The monoisotopic (exact) mass is 350 g/mol. The van der Waals surface area contributed by atoms with Crippen molar-refractivity contribution in [3.05, 3.63) is 59.2 Å². The van der Waals surface area contributed by atoms with Crippen LogP contribution in [0.2, 0.25) is 0 Å². The number of hydrogen-bond acceptors (Lipinski definition) is 4. The van der Waals surface area contributed by atoms with Gasteiger partial charge in [-0.3, -0.25) is 4.90 Å². The maximum absolute atomic E-state index is 5.64. The second-order valence-electron chi connectivity index (χ2n) is 7.81. The molecule has 0 saturated carbocycles. The Morgan fingerprint density at radius 3 is 2.69 bits per heavy atom. The average molecular weight is 350 g/mol. The van der Waals surface area contributed by atoms with E-state index in [0.29, 0.717) is 18.8 Å². The lowest BCUT2D eigenvalue weighted by atomic mass is 9.92. The second kappa shape index (κ2) is 6.60. The van der Waals surface area contributed by atoms with E-state index in [0.717, 1.165) is 37.6 Å². The fourth-order valence-electron chi connectivity index (χ4n) is 4.69. The summed E-state index contributed by atoms with van der Waals surface area (Å²) in [6.45, 7) is 4.89. The molecule has 136 valence electrons. The highest BCUT2D eigenvalue weighted by molar-refractivity contribution is 5.50. The zero-order valence-electron chi connectivity index (χ0n) is 15.4. The van der Waals surface area contributed by atoms with E-state index in [2.05, 4.69) is 59.3 Å². The molecule has 0 radical (unpaired) electrons. The number of rotatable bonds is 3. The molecule has 0 aromatic heterocycles. The molecular formula is C22H26N2O2. The maximum Gasteiger partial charge on any atom is 0.231 e. The minimum Gasteiger partial charge on any atom is -0.454 e. The van der Waals surface area contributed by atoms with Crippen molar-refractivity contribution in [2.24, 2.45) is 0 Å². The second-order valence-corrected chi connectivity index (χ2v) is 7.81. The number of hydrogen-bond donors (Lipinski definition) is 0. The Balaban J connectivity index is 1.35. The molecule has 5 rings (SSSR count). The van der Waals surface area contributed by atoms with E-state index in [1.807, 2.05) is 0 Å². The fourth-order valence-corrected chi connectivity index (χ4v) is 4.69. The van der Waals surface area contributed by atoms with Crippen molar-refractivity contribution < 1.29 is 9.47 Å². The van der Waals surface area contributed by atoms with Crippen LogP contribution in [0.1, 0.15) is 35.1 Å². The van der Waals surface area contributed by atoms with E-state index < -0.39 is 0 Å². The van der Waals surface area contributed by atoms with Gasteiger partial charge in [0.2, 0.25) is 6.79 Å². The number of ether oxygens (including phenoxy) is 2. The molecule has 4 nitrogen and oxygen atoms in total. The highest BCUT2D eigenvalue weighted by Gasteiger charge is 2.32. The predicted molar refractivity (Wildman–Crippen MR) is 102 cm³/mol. The molecule has 2 aromatic rings. The summed E-state index contributed by atoms with van der Waals surface area (Å²) in [6, 6.07) is 15.8. The fraction of sp³-hybridized carbons (Fsp3) is 0.455. The first-order valence-electron chi connectivity index (χ1n) is 9.68. The summed E-state index contributed by atoms with van der Waals surface area (Å²) in [4.78, 5) is 5.14. The molecule has 0 amide bonds. The van der Waals surface area contributed by atoms with Crippen LogP contribution in [0, 0.1) is 0 Å². The Morgan fingerprint density at radius 1 is 1.04 bits per heavy atom. The van der Waals surface area contributed by atoms with E-state index in [9.17, 15) is 0 Å². The van der Waals surface area contributed by atoms with Gasteiger partial charge in [0.1, 0.15) is 0 Å². The number of fused-ring (bicyclic) bond motifs is 2. The molecule has 3 aliphatic rings. The van der Waals surface area contributed by atoms with E-state index in [1.54, 1.807) is 0 Å². The largest absolute Gasteiger partial charge is 0.454 e. The van der Waals surface area contributed by atoms with E-state index >= 15 is 0 Å². The number of likely N-dealkylation sites (N-methyl/N-ethyl adjacent to an activating group) is 1. The van der Waals surface area contributed by atoms with Gasteiger partial charge < -0.3 is 14.4 Å². The van der Waals surface area contributed by atoms with Crippen LogP contribution in [0.4, 0.5) is 0 Å². The van der Waals surface area contributed by atoms with Crippen LogP contribution in [-0.4, -0.2) is 49.8 Å². The standard InChI is InChI=1S/C22H26N2O2/c1-23-9-7-17-11-21-22(26-15-25-21)12-19(17)20(23)14-24-10-8-18(13-24)16-5-3-2-4-6-16/h2-6,11-12,18,20H,7-10,13-15H2,1H3. The molecule has 2 aromatic carbocycles. The summed E-state index contributed by atoms with van der Waals surface area (Å²) in [7, 11) is 2.25. The van der Waals surface area contributed by atoms with Crippen LogP contribution in [0.3, 0.4) is 0 Å². The normalized spacial score (nSPS) is 25.4. The number of nitrogens with zero attached hydrogens (tertiary/aromatic N) is 2. The predicted octanol–water partition coefficient (Wildman–Crippen LogP) is 3.43. The maximum atomic E-state index is 5.64.